The minimum atomic E-state index is -0.249. The summed E-state index contributed by atoms with van der Waals surface area (Å²) in [6.45, 7) is 4.45. The Morgan fingerprint density at radius 2 is 1.68 bits per heavy atom. The number of carbonyl (C=O) groups is 2. The Hall–Kier alpha value is -1.92. The van der Waals surface area contributed by atoms with Gasteiger partial charge in [-0.2, -0.15) is 0 Å². The smallest absolute Gasteiger partial charge is 0.410 e. The molecule has 0 spiro atoms. The van der Waals surface area contributed by atoms with Gasteiger partial charge in [-0.05, 0) is 38.2 Å². The number of ketones is 1. The second-order valence-corrected chi connectivity index (χ2v) is 7.53. The fraction of sp³-hybridized carbons (Fsp3) is 0.636. The van der Waals surface area contributed by atoms with Crippen LogP contribution in [-0.4, -0.2) is 55.3 Å². The van der Waals surface area contributed by atoms with Crippen LogP contribution in [0.1, 0.15) is 44.6 Å². The average molecular weight is 389 g/mol. The Bertz CT molecular complexity index is 621. The lowest BCUT2D eigenvalue weighted by Gasteiger charge is -2.37. The van der Waals surface area contributed by atoms with Gasteiger partial charge in [-0.3, -0.25) is 4.79 Å². The van der Waals surface area contributed by atoms with Gasteiger partial charge in [-0.25, -0.2) is 4.79 Å². The maximum absolute atomic E-state index is 12.6. The summed E-state index contributed by atoms with van der Waals surface area (Å²) in [7, 11) is 0. The van der Waals surface area contributed by atoms with Gasteiger partial charge in [0.15, 0.2) is 0 Å². The van der Waals surface area contributed by atoms with E-state index in [2.05, 4.69) is 0 Å². The van der Waals surface area contributed by atoms with Crippen molar-refractivity contribution in [1.82, 2.24) is 4.90 Å². The molecule has 2 unspecified atom stereocenters. The average Bonchev–Trinajstić information content (AvgIpc) is 2.99. The van der Waals surface area contributed by atoms with Crippen molar-refractivity contribution < 1.29 is 23.8 Å². The Labute approximate surface area is 167 Å². The first-order chi connectivity index (χ1) is 13.7. The van der Waals surface area contributed by atoms with Gasteiger partial charge >= 0.3 is 6.09 Å². The van der Waals surface area contributed by atoms with Crippen molar-refractivity contribution in [1.29, 1.82) is 0 Å². The lowest BCUT2D eigenvalue weighted by atomic mass is 9.86. The highest BCUT2D eigenvalue weighted by molar-refractivity contribution is 5.82. The molecule has 0 aliphatic carbocycles. The fourth-order valence-corrected chi connectivity index (χ4v) is 4.27. The number of rotatable bonds is 10. The third kappa shape index (κ3) is 5.55. The number of amides is 1. The SMILES string of the molecule is CCOCCOCCC(=O)C1CC2CCC(C1)N2C(=O)OCc1ccccc1. The van der Waals surface area contributed by atoms with Crippen LogP contribution < -0.4 is 0 Å². The minimum Gasteiger partial charge on any atom is -0.445 e. The second kappa shape index (κ2) is 10.6. The topological polar surface area (TPSA) is 65.1 Å². The van der Waals surface area contributed by atoms with Crippen LogP contribution in [0.3, 0.4) is 0 Å². The molecule has 1 aromatic rings. The van der Waals surface area contributed by atoms with Crippen LogP contribution in [0, 0.1) is 5.92 Å². The lowest BCUT2D eigenvalue weighted by molar-refractivity contribution is -0.126. The van der Waals surface area contributed by atoms with E-state index < -0.39 is 0 Å². The molecule has 2 saturated heterocycles. The van der Waals surface area contributed by atoms with E-state index in [1.165, 1.54) is 0 Å². The molecule has 0 aromatic heterocycles. The van der Waals surface area contributed by atoms with Gasteiger partial charge in [0.2, 0.25) is 0 Å². The summed E-state index contributed by atoms with van der Waals surface area (Å²) in [6.07, 6.45) is 3.60. The van der Waals surface area contributed by atoms with E-state index in [-0.39, 0.29) is 36.5 Å². The van der Waals surface area contributed by atoms with Crippen LogP contribution in [0.25, 0.3) is 0 Å². The van der Waals surface area contributed by atoms with Crippen LogP contribution >= 0.6 is 0 Å². The Morgan fingerprint density at radius 3 is 2.36 bits per heavy atom. The summed E-state index contributed by atoms with van der Waals surface area (Å²) >= 11 is 0. The largest absolute Gasteiger partial charge is 0.445 e. The van der Waals surface area contributed by atoms with Crippen molar-refractivity contribution in [2.24, 2.45) is 5.92 Å². The number of benzene rings is 1. The molecule has 1 amide bonds. The Balaban J connectivity index is 1.42. The number of piperidine rings is 1. The first-order valence-electron chi connectivity index (χ1n) is 10.4. The van der Waals surface area contributed by atoms with Gasteiger partial charge in [0.1, 0.15) is 12.4 Å². The molecule has 2 aliphatic rings. The van der Waals surface area contributed by atoms with Crippen LogP contribution in [0.4, 0.5) is 4.79 Å². The standard InChI is InChI=1S/C22H31NO5/c1-2-26-12-13-27-11-10-21(24)18-14-19-8-9-20(15-18)23(19)22(25)28-16-17-6-4-3-5-7-17/h3-7,18-20H,2,8-16H2,1H3. The second-order valence-electron chi connectivity index (χ2n) is 7.53. The summed E-state index contributed by atoms with van der Waals surface area (Å²) in [5.41, 5.74) is 0.984. The first-order valence-corrected chi connectivity index (χ1v) is 10.4. The lowest BCUT2D eigenvalue weighted by Crippen LogP contribution is -2.48. The van der Waals surface area contributed by atoms with Crippen LogP contribution in [0.15, 0.2) is 30.3 Å². The zero-order valence-corrected chi connectivity index (χ0v) is 16.7. The van der Waals surface area contributed by atoms with Crippen LogP contribution in [-0.2, 0) is 25.6 Å². The van der Waals surface area contributed by atoms with E-state index in [0.717, 1.165) is 31.2 Å². The number of fused-ring (bicyclic) bond motifs is 2. The maximum Gasteiger partial charge on any atom is 0.410 e. The van der Waals surface area contributed by atoms with E-state index in [0.29, 0.717) is 32.8 Å². The van der Waals surface area contributed by atoms with E-state index in [9.17, 15) is 9.59 Å². The Morgan fingerprint density at radius 1 is 1.00 bits per heavy atom. The molecular weight excluding hydrogens is 358 g/mol. The normalized spacial score (nSPS) is 23.6. The van der Waals surface area contributed by atoms with Gasteiger partial charge in [-0.15, -0.1) is 0 Å². The van der Waals surface area contributed by atoms with Gasteiger partial charge in [-0.1, -0.05) is 30.3 Å². The molecule has 2 atom stereocenters. The number of nitrogens with zero attached hydrogens (tertiary/aromatic N) is 1. The van der Waals surface area contributed by atoms with Crippen molar-refractivity contribution in [2.75, 3.05) is 26.4 Å². The zero-order chi connectivity index (χ0) is 19.8. The van der Waals surface area contributed by atoms with Gasteiger partial charge < -0.3 is 19.1 Å². The number of ether oxygens (including phenoxy) is 3. The molecule has 2 bridgehead atoms. The number of hydrogen-bond donors (Lipinski definition) is 0. The van der Waals surface area contributed by atoms with Crippen molar-refractivity contribution >= 4 is 11.9 Å². The molecule has 6 heteroatoms. The highest BCUT2D eigenvalue weighted by atomic mass is 16.6. The monoisotopic (exact) mass is 389 g/mol. The predicted molar refractivity (Wildman–Crippen MR) is 105 cm³/mol. The summed E-state index contributed by atoms with van der Waals surface area (Å²) in [6, 6.07) is 9.95. The van der Waals surface area contributed by atoms with Crippen molar-refractivity contribution in [3.05, 3.63) is 35.9 Å². The van der Waals surface area contributed by atoms with Crippen LogP contribution in [0.2, 0.25) is 0 Å². The van der Waals surface area contributed by atoms with Gasteiger partial charge in [0, 0.05) is 31.0 Å². The fourth-order valence-electron chi connectivity index (χ4n) is 4.27. The van der Waals surface area contributed by atoms with E-state index in [1.807, 2.05) is 42.2 Å². The van der Waals surface area contributed by atoms with Crippen LogP contribution in [0.5, 0.6) is 0 Å². The Kier molecular flexibility index (Phi) is 7.86. The van der Waals surface area contributed by atoms with Crippen molar-refractivity contribution in [3.8, 4) is 0 Å². The molecule has 0 N–H and O–H groups in total. The van der Waals surface area contributed by atoms with E-state index >= 15 is 0 Å². The highest BCUT2D eigenvalue weighted by Gasteiger charge is 2.45. The first kappa shape index (κ1) is 20.8. The van der Waals surface area contributed by atoms with E-state index in [4.69, 9.17) is 14.2 Å². The minimum absolute atomic E-state index is 0.0335. The molecule has 0 radical (unpaired) electrons. The zero-order valence-electron chi connectivity index (χ0n) is 16.7. The molecule has 1 aromatic carbocycles. The molecule has 2 heterocycles. The third-order valence-electron chi connectivity index (χ3n) is 5.67. The molecule has 2 fully saturated rings. The van der Waals surface area contributed by atoms with Crippen molar-refractivity contribution in [3.63, 3.8) is 0 Å². The predicted octanol–water partition coefficient (Wildman–Crippen LogP) is 3.58. The highest BCUT2D eigenvalue weighted by Crippen LogP contribution is 2.39. The molecule has 154 valence electrons. The molecule has 0 saturated carbocycles. The van der Waals surface area contributed by atoms with Crippen molar-refractivity contribution in [2.45, 2.75) is 57.7 Å². The molecule has 3 rings (SSSR count). The maximum atomic E-state index is 12.6. The number of Topliss-reactive ketones (excluding diaryl/α,β-unsaturated/α-hetero) is 1. The quantitative estimate of drug-likeness (QED) is 0.572. The summed E-state index contributed by atoms with van der Waals surface area (Å²) in [5, 5.41) is 0. The van der Waals surface area contributed by atoms with E-state index in [1.54, 1.807) is 0 Å². The summed E-state index contributed by atoms with van der Waals surface area (Å²) in [4.78, 5) is 27.0. The third-order valence-corrected chi connectivity index (χ3v) is 5.67. The summed E-state index contributed by atoms with van der Waals surface area (Å²) in [5.74, 6) is 0.289. The number of carbonyl (C=O) groups excluding carboxylic acids is 2. The van der Waals surface area contributed by atoms with Gasteiger partial charge in [0.25, 0.3) is 0 Å². The summed E-state index contributed by atoms with van der Waals surface area (Å²) < 4.78 is 16.2. The molecular formula is C22H31NO5. The number of hydrogen-bond acceptors (Lipinski definition) is 5. The van der Waals surface area contributed by atoms with Gasteiger partial charge in [0.05, 0.1) is 19.8 Å². The molecule has 2 aliphatic heterocycles. The molecule has 28 heavy (non-hydrogen) atoms. The molecule has 6 nitrogen and oxygen atoms in total.